The maximum atomic E-state index is 13.3. The Bertz CT molecular complexity index is 1110. The number of benzene rings is 2. The molecule has 1 aromatic heterocycles. The van der Waals surface area contributed by atoms with Crippen LogP contribution in [0.3, 0.4) is 0 Å². The van der Waals surface area contributed by atoms with Crippen molar-refractivity contribution >= 4 is 40.2 Å². The van der Waals surface area contributed by atoms with E-state index in [4.69, 9.17) is 4.74 Å². The van der Waals surface area contributed by atoms with Gasteiger partial charge in [-0.3, -0.25) is 14.6 Å². The van der Waals surface area contributed by atoms with Crippen molar-refractivity contribution in [1.82, 2.24) is 9.88 Å². The van der Waals surface area contributed by atoms with Gasteiger partial charge in [-0.05, 0) is 55.8 Å². The van der Waals surface area contributed by atoms with E-state index in [2.05, 4.69) is 10.3 Å². The molecular formula is C23H23N3O3S. The molecule has 7 heteroatoms. The number of carbonyl (C=O) groups is 2. The standard InChI is InChI=1S/C23H23N3O3S/c1-14-4-5-16-11-19(15(2)24-20(16)10-14)23(28)26-13-30-12-21(26)22(27)25-17-6-8-18(29-3)9-7-17/h4-11,21H,12-13H2,1-3H3,(H,25,27). The van der Waals surface area contributed by atoms with Crippen molar-refractivity contribution in [2.24, 2.45) is 0 Å². The number of rotatable bonds is 4. The number of ether oxygens (including phenoxy) is 1. The van der Waals surface area contributed by atoms with Crippen molar-refractivity contribution in [3.63, 3.8) is 0 Å². The summed E-state index contributed by atoms with van der Waals surface area (Å²) in [5.74, 6) is 1.40. The van der Waals surface area contributed by atoms with E-state index < -0.39 is 6.04 Å². The van der Waals surface area contributed by atoms with Crippen molar-refractivity contribution in [3.8, 4) is 5.75 Å². The third kappa shape index (κ3) is 3.98. The number of nitrogens with one attached hydrogen (secondary N) is 1. The molecular weight excluding hydrogens is 398 g/mol. The second kappa shape index (κ2) is 8.36. The van der Waals surface area contributed by atoms with Gasteiger partial charge in [0.05, 0.1) is 29.8 Å². The van der Waals surface area contributed by atoms with Crippen molar-refractivity contribution in [1.29, 1.82) is 0 Å². The predicted octanol–water partition coefficient (Wildman–Crippen LogP) is 4.01. The SMILES string of the molecule is COc1ccc(NC(=O)C2CSCN2C(=O)c2cc3ccc(C)cc3nc2C)cc1. The van der Waals surface area contributed by atoms with Crippen LogP contribution in [0.4, 0.5) is 5.69 Å². The molecule has 3 aromatic rings. The number of methoxy groups -OCH3 is 1. The minimum absolute atomic E-state index is 0.164. The molecule has 4 rings (SSSR count). The fourth-order valence-corrected chi connectivity index (χ4v) is 4.66. The molecule has 2 aromatic carbocycles. The van der Waals surface area contributed by atoms with Crippen LogP contribution in [-0.2, 0) is 4.79 Å². The van der Waals surface area contributed by atoms with Crippen LogP contribution in [0.5, 0.6) is 5.75 Å². The zero-order chi connectivity index (χ0) is 21.3. The van der Waals surface area contributed by atoms with Crippen LogP contribution in [0.1, 0.15) is 21.6 Å². The van der Waals surface area contributed by atoms with Gasteiger partial charge in [0.2, 0.25) is 5.91 Å². The maximum Gasteiger partial charge on any atom is 0.257 e. The Kier molecular flexibility index (Phi) is 5.63. The summed E-state index contributed by atoms with van der Waals surface area (Å²) in [7, 11) is 1.59. The minimum Gasteiger partial charge on any atom is -0.497 e. The van der Waals surface area contributed by atoms with Gasteiger partial charge < -0.3 is 15.0 Å². The summed E-state index contributed by atoms with van der Waals surface area (Å²) in [5, 5.41) is 3.82. The summed E-state index contributed by atoms with van der Waals surface area (Å²) in [6, 6.07) is 14.5. The van der Waals surface area contributed by atoms with Crippen LogP contribution in [0.2, 0.25) is 0 Å². The van der Waals surface area contributed by atoms with Crippen LogP contribution < -0.4 is 10.1 Å². The van der Waals surface area contributed by atoms with Crippen molar-refractivity contribution in [2.75, 3.05) is 24.1 Å². The lowest BCUT2D eigenvalue weighted by Gasteiger charge is -2.24. The molecule has 0 aliphatic carbocycles. The van der Waals surface area contributed by atoms with Crippen molar-refractivity contribution < 1.29 is 14.3 Å². The zero-order valence-corrected chi connectivity index (χ0v) is 18.0. The lowest BCUT2D eigenvalue weighted by Crippen LogP contribution is -2.44. The van der Waals surface area contributed by atoms with Gasteiger partial charge in [0, 0.05) is 16.8 Å². The first kappa shape index (κ1) is 20.2. The number of nitrogens with zero attached hydrogens (tertiary/aromatic N) is 2. The van der Waals surface area contributed by atoms with Crippen LogP contribution >= 0.6 is 11.8 Å². The summed E-state index contributed by atoms with van der Waals surface area (Å²) in [6.07, 6.45) is 0. The molecule has 1 N–H and O–H groups in total. The average Bonchev–Trinajstić information content (AvgIpc) is 3.23. The summed E-state index contributed by atoms with van der Waals surface area (Å²) in [6.45, 7) is 3.85. The van der Waals surface area contributed by atoms with E-state index in [1.807, 2.05) is 38.1 Å². The number of thioether (sulfide) groups is 1. The van der Waals surface area contributed by atoms with E-state index in [0.717, 1.165) is 22.2 Å². The molecule has 30 heavy (non-hydrogen) atoms. The molecule has 154 valence electrons. The molecule has 0 radical (unpaired) electrons. The minimum atomic E-state index is -0.530. The van der Waals surface area contributed by atoms with Gasteiger partial charge >= 0.3 is 0 Å². The first-order valence-electron chi connectivity index (χ1n) is 9.68. The van der Waals surface area contributed by atoms with Gasteiger partial charge in [0.1, 0.15) is 11.8 Å². The van der Waals surface area contributed by atoms with Crippen LogP contribution in [0.25, 0.3) is 10.9 Å². The fraction of sp³-hybridized carbons (Fsp3) is 0.261. The zero-order valence-electron chi connectivity index (χ0n) is 17.1. The molecule has 6 nitrogen and oxygen atoms in total. The van der Waals surface area contributed by atoms with E-state index in [9.17, 15) is 9.59 Å². The second-order valence-corrected chi connectivity index (χ2v) is 8.33. The number of aryl methyl sites for hydroxylation is 2. The smallest absolute Gasteiger partial charge is 0.257 e. The third-order valence-electron chi connectivity index (χ3n) is 5.20. The molecule has 1 atom stereocenters. The molecule has 1 fully saturated rings. The Morgan fingerprint density at radius 3 is 2.63 bits per heavy atom. The molecule has 2 heterocycles. The Balaban J connectivity index is 1.55. The quantitative estimate of drug-likeness (QED) is 0.689. The molecule has 0 spiro atoms. The van der Waals surface area contributed by atoms with Crippen LogP contribution in [0, 0.1) is 13.8 Å². The highest BCUT2D eigenvalue weighted by Crippen LogP contribution is 2.27. The monoisotopic (exact) mass is 421 g/mol. The Hall–Kier alpha value is -3.06. The summed E-state index contributed by atoms with van der Waals surface area (Å²) < 4.78 is 5.14. The summed E-state index contributed by atoms with van der Waals surface area (Å²) >= 11 is 1.57. The second-order valence-electron chi connectivity index (χ2n) is 7.33. The number of fused-ring (bicyclic) bond motifs is 1. The molecule has 1 aliphatic heterocycles. The van der Waals surface area contributed by atoms with E-state index in [1.54, 1.807) is 48.0 Å². The molecule has 0 saturated carbocycles. The number of hydrogen-bond acceptors (Lipinski definition) is 5. The van der Waals surface area contributed by atoms with E-state index >= 15 is 0 Å². The van der Waals surface area contributed by atoms with Crippen molar-refractivity contribution in [3.05, 3.63) is 65.4 Å². The molecule has 1 unspecified atom stereocenters. The highest BCUT2D eigenvalue weighted by Gasteiger charge is 2.36. The van der Waals surface area contributed by atoms with E-state index in [-0.39, 0.29) is 11.8 Å². The number of amides is 2. The predicted molar refractivity (Wildman–Crippen MR) is 120 cm³/mol. The first-order valence-corrected chi connectivity index (χ1v) is 10.8. The Morgan fingerprint density at radius 1 is 1.13 bits per heavy atom. The Morgan fingerprint density at radius 2 is 1.90 bits per heavy atom. The van der Waals surface area contributed by atoms with Gasteiger partial charge in [0.15, 0.2) is 0 Å². The Labute approximate surface area is 179 Å². The summed E-state index contributed by atoms with van der Waals surface area (Å²) in [5.41, 5.74) is 3.87. The number of hydrogen-bond donors (Lipinski definition) is 1. The number of aromatic nitrogens is 1. The first-order chi connectivity index (χ1) is 14.5. The van der Waals surface area contributed by atoms with Gasteiger partial charge in [-0.25, -0.2) is 0 Å². The van der Waals surface area contributed by atoms with Gasteiger partial charge in [-0.2, -0.15) is 0 Å². The fourth-order valence-electron chi connectivity index (χ4n) is 3.50. The summed E-state index contributed by atoms with van der Waals surface area (Å²) in [4.78, 5) is 32.4. The molecule has 1 saturated heterocycles. The normalized spacial score (nSPS) is 16.0. The lowest BCUT2D eigenvalue weighted by molar-refractivity contribution is -0.119. The average molecular weight is 422 g/mol. The molecule has 1 aliphatic rings. The van der Waals surface area contributed by atoms with Gasteiger partial charge in [-0.1, -0.05) is 12.1 Å². The largest absolute Gasteiger partial charge is 0.497 e. The highest BCUT2D eigenvalue weighted by molar-refractivity contribution is 7.99. The third-order valence-corrected chi connectivity index (χ3v) is 6.21. The highest BCUT2D eigenvalue weighted by atomic mass is 32.2. The van der Waals surface area contributed by atoms with Gasteiger partial charge in [-0.15, -0.1) is 11.8 Å². The van der Waals surface area contributed by atoms with Crippen LogP contribution in [-0.4, -0.2) is 46.5 Å². The number of carbonyl (C=O) groups excluding carboxylic acids is 2. The lowest BCUT2D eigenvalue weighted by atomic mass is 10.1. The topological polar surface area (TPSA) is 71.5 Å². The molecule has 2 amide bonds. The number of pyridine rings is 1. The number of anilines is 1. The van der Waals surface area contributed by atoms with E-state index in [1.165, 1.54) is 0 Å². The molecule has 0 bridgehead atoms. The van der Waals surface area contributed by atoms with Crippen molar-refractivity contribution in [2.45, 2.75) is 19.9 Å². The van der Waals surface area contributed by atoms with Gasteiger partial charge in [0.25, 0.3) is 5.91 Å². The van der Waals surface area contributed by atoms with E-state index in [0.29, 0.717) is 28.6 Å². The van der Waals surface area contributed by atoms with Crippen LogP contribution in [0.15, 0.2) is 48.5 Å². The maximum absolute atomic E-state index is 13.3.